The standard InChI is InChI=1S/C20H25N3O2S/c1-3-15(2)23-19(25)17-10-7-12-22-20(17)26-14-18(24)21-13-11-16-8-5-4-6-9-16/h4-10,12,15H,3,11,13-14H2,1-2H3,(H,21,24)(H,23,25). The monoisotopic (exact) mass is 371 g/mol. The lowest BCUT2D eigenvalue weighted by Crippen LogP contribution is -2.32. The van der Waals surface area contributed by atoms with Crippen LogP contribution in [0, 0.1) is 0 Å². The van der Waals surface area contributed by atoms with E-state index < -0.39 is 0 Å². The number of amides is 2. The molecule has 0 fully saturated rings. The van der Waals surface area contributed by atoms with Crippen molar-refractivity contribution < 1.29 is 9.59 Å². The SMILES string of the molecule is CCC(C)NC(=O)c1cccnc1SCC(=O)NCCc1ccccc1. The molecule has 0 bridgehead atoms. The van der Waals surface area contributed by atoms with Crippen LogP contribution in [0.2, 0.25) is 0 Å². The maximum atomic E-state index is 12.3. The number of hydrogen-bond donors (Lipinski definition) is 2. The number of nitrogens with one attached hydrogen (secondary N) is 2. The first kappa shape index (κ1) is 20.0. The van der Waals surface area contributed by atoms with Crippen LogP contribution in [0.25, 0.3) is 0 Å². The number of rotatable bonds is 9. The van der Waals surface area contributed by atoms with Gasteiger partial charge in [0.1, 0.15) is 5.03 Å². The molecule has 5 nitrogen and oxygen atoms in total. The molecule has 1 aromatic carbocycles. The van der Waals surface area contributed by atoms with Gasteiger partial charge in [-0.3, -0.25) is 9.59 Å². The summed E-state index contributed by atoms with van der Waals surface area (Å²) in [7, 11) is 0. The van der Waals surface area contributed by atoms with Crippen LogP contribution in [0.15, 0.2) is 53.7 Å². The zero-order valence-electron chi connectivity index (χ0n) is 15.2. The number of pyridine rings is 1. The summed E-state index contributed by atoms with van der Waals surface area (Å²) in [5, 5.41) is 6.41. The van der Waals surface area contributed by atoms with Crippen molar-refractivity contribution in [2.24, 2.45) is 0 Å². The highest BCUT2D eigenvalue weighted by atomic mass is 32.2. The van der Waals surface area contributed by atoms with Crippen LogP contribution in [0.4, 0.5) is 0 Å². The number of aromatic nitrogens is 1. The van der Waals surface area contributed by atoms with E-state index in [-0.39, 0.29) is 23.6 Å². The Kier molecular flexibility index (Phi) is 8.15. The summed E-state index contributed by atoms with van der Waals surface area (Å²) < 4.78 is 0. The fraction of sp³-hybridized carbons (Fsp3) is 0.350. The molecule has 0 aliphatic heterocycles. The normalized spacial score (nSPS) is 11.6. The molecule has 0 saturated heterocycles. The zero-order chi connectivity index (χ0) is 18.8. The molecule has 0 radical (unpaired) electrons. The van der Waals surface area contributed by atoms with E-state index in [1.165, 1.54) is 17.3 Å². The van der Waals surface area contributed by atoms with Crippen molar-refractivity contribution in [3.63, 3.8) is 0 Å². The second-order valence-corrected chi connectivity index (χ2v) is 6.98. The summed E-state index contributed by atoms with van der Waals surface area (Å²) in [4.78, 5) is 28.6. The average molecular weight is 372 g/mol. The van der Waals surface area contributed by atoms with Crippen LogP contribution in [0.1, 0.15) is 36.2 Å². The second-order valence-electron chi connectivity index (χ2n) is 6.01. The molecule has 2 rings (SSSR count). The van der Waals surface area contributed by atoms with Crippen LogP contribution >= 0.6 is 11.8 Å². The lowest BCUT2D eigenvalue weighted by Gasteiger charge is -2.13. The molecule has 26 heavy (non-hydrogen) atoms. The Balaban J connectivity index is 1.83. The maximum Gasteiger partial charge on any atom is 0.254 e. The van der Waals surface area contributed by atoms with Gasteiger partial charge in [-0.05, 0) is 37.5 Å². The van der Waals surface area contributed by atoms with E-state index in [1.54, 1.807) is 18.3 Å². The van der Waals surface area contributed by atoms with E-state index >= 15 is 0 Å². The van der Waals surface area contributed by atoms with E-state index in [0.29, 0.717) is 17.1 Å². The van der Waals surface area contributed by atoms with Gasteiger partial charge in [0.15, 0.2) is 0 Å². The summed E-state index contributed by atoms with van der Waals surface area (Å²) >= 11 is 1.28. The van der Waals surface area contributed by atoms with Crippen LogP contribution in [-0.2, 0) is 11.2 Å². The summed E-state index contributed by atoms with van der Waals surface area (Å²) in [6.45, 7) is 4.57. The van der Waals surface area contributed by atoms with Crippen molar-refractivity contribution in [2.75, 3.05) is 12.3 Å². The number of carbonyl (C=O) groups is 2. The molecular formula is C20H25N3O2S. The Bertz CT molecular complexity index is 722. The maximum absolute atomic E-state index is 12.3. The van der Waals surface area contributed by atoms with Crippen LogP contribution in [0.5, 0.6) is 0 Å². The second kappa shape index (κ2) is 10.6. The third kappa shape index (κ3) is 6.52. The summed E-state index contributed by atoms with van der Waals surface area (Å²) in [6.07, 6.45) is 3.29. The molecule has 0 saturated carbocycles. The van der Waals surface area contributed by atoms with Gasteiger partial charge in [-0.2, -0.15) is 0 Å². The molecule has 0 aliphatic carbocycles. The van der Waals surface area contributed by atoms with Crippen LogP contribution in [-0.4, -0.2) is 35.1 Å². The lowest BCUT2D eigenvalue weighted by molar-refractivity contribution is -0.118. The van der Waals surface area contributed by atoms with E-state index in [4.69, 9.17) is 0 Å². The number of hydrogen-bond acceptors (Lipinski definition) is 4. The third-order valence-electron chi connectivity index (χ3n) is 3.92. The number of nitrogens with zero attached hydrogens (tertiary/aromatic N) is 1. The Morgan fingerprint density at radius 1 is 1.15 bits per heavy atom. The number of benzene rings is 1. The third-order valence-corrected chi connectivity index (χ3v) is 4.93. The van der Waals surface area contributed by atoms with E-state index in [0.717, 1.165) is 12.8 Å². The van der Waals surface area contributed by atoms with Gasteiger partial charge < -0.3 is 10.6 Å². The molecule has 2 amide bonds. The van der Waals surface area contributed by atoms with E-state index in [1.807, 2.05) is 44.2 Å². The topological polar surface area (TPSA) is 71.1 Å². The highest BCUT2D eigenvalue weighted by Crippen LogP contribution is 2.19. The van der Waals surface area contributed by atoms with Gasteiger partial charge in [-0.25, -0.2) is 4.98 Å². The van der Waals surface area contributed by atoms with Crippen LogP contribution in [0.3, 0.4) is 0 Å². The van der Waals surface area contributed by atoms with Crippen molar-refractivity contribution in [2.45, 2.75) is 37.8 Å². The van der Waals surface area contributed by atoms with Crippen LogP contribution < -0.4 is 10.6 Å². The van der Waals surface area contributed by atoms with Gasteiger partial charge in [-0.1, -0.05) is 49.0 Å². The van der Waals surface area contributed by atoms with Crippen molar-refractivity contribution in [3.05, 3.63) is 59.8 Å². The minimum atomic E-state index is -0.153. The van der Waals surface area contributed by atoms with Gasteiger partial charge in [-0.15, -0.1) is 0 Å². The minimum Gasteiger partial charge on any atom is -0.355 e. The van der Waals surface area contributed by atoms with E-state index in [2.05, 4.69) is 15.6 Å². The predicted molar refractivity (Wildman–Crippen MR) is 105 cm³/mol. The van der Waals surface area contributed by atoms with Crippen molar-refractivity contribution >= 4 is 23.6 Å². The highest BCUT2D eigenvalue weighted by molar-refractivity contribution is 8.00. The molecule has 138 valence electrons. The summed E-state index contributed by atoms with van der Waals surface area (Å²) in [5.41, 5.74) is 1.70. The van der Waals surface area contributed by atoms with Gasteiger partial charge in [0.05, 0.1) is 11.3 Å². The van der Waals surface area contributed by atoms with E-state index in [9.17, 15) is 9.59 Å². The Morgan fingerprint density at radius 3 is 2.65 bits per heavy atom. The largest absolute Gasteiger partial charge is 0.355 e. The lowest BCUT2D eigenvalue weighted by atomic mass is 10.1. The smallest absolute Gasteiger partial charge is 0.254 e. The molecule has 2 aromatic rings. The Hall–Kier alpha value is -2.34. The zero-order valence-corrected chi connectivity index (χ0v) is 16.0. The van der Waals surface area contributed by atoms with Crippen molar-refractivity contribution in [1.82, 2.24) is 15.6 Å². The molecule has 1 unspecified atom stereocenters. The fourth-order valence-electron chi connectivity index (χ4n) is 2.26. The molecule has 1 atom stereocenters. The molecule has 6 heteroatoms. The quantitative estimate of drug-likeness (QED) is 0.665. The van der Waals surface area contributed by atoms with Gasteiger partial charge in [0.2, 0.25) is 5.91 Å². The number of thioether (sulfide) groups is 1. The number of carbonyl (C=O) groups excluding carboxylic acids is 2. The molecule has 0 spiro atoms. The first-order valence-electron chi connectivity index (χ1n) is 8.79. The molecule has 0 aliphatic rings. The highest BCUT2D eigenvalue weighted by Gasteiger charge is 2.15. The summed E-state index contributed by atoms with van der Waals surface area (Å²) in [6, 6.07) is 13.6. The van der Waals surface area contributed by atoms with Crippen molar-refractivity contribution in [3.8, 4) is 0 Å². The Morgan fingerprint density at radius 2 is 1.92 bits per heavy atom. The fourth-order valence-corrected chi connectivity index (χ4v) is 3.08. The molecular weight excluding hydrogens is 346 g/mol. The van der Waals surface area contributed by atoms with Gasteiger partial charge >= 0.3 is 0 Å². The average Bonchev–Trinajstić information content (AvgIpc) is 2.67. The summed E-state index contributed by atoms with van der Waals surface area (Å²) in [5.74, 6) is 0.0133. The van der Waals surface area contributed by atoms with Gasteiger partial charge in [0.25, 0.3) is 5.91 Å². The van der Waals surface area contributed by atoms with Gasteiger partial charge in [0, 0.05) is 18.8 Å². The molecule has 1 aromatic heterocycles. The first-order valence-corrected chi connectivity index (χ1v) is 9.78. The van der Waals surface area contributed by atoms with Crippen molar-refractivity contribution in [1.29, 1.82) is 0 Å². The first-order chi connectivity index (χ1) is 12.6. The molecule has 2 N–H and O–H groups in total. The Labute approximate surface area is 159 Å². The molecule has 1 heterocycles. The minimum absolute atomic E-state index is 0.0649. The predicted octanol–water partition coefficient (Wildman–Crippen LogP) is 3.06.